The van der Waals surface area contributed by atoms with Crippen LogP contribution in [0.4, 0.5) is 0 Å². The Morgan fingerprint density at radius 1 is 1.45 bits per heavy atom. The zero-order valence-electron chi connectivity index (χ0n) is 11.7. The Balaban J connectivity index is 1.92. The third-order valence-electron chi connectivity index (χ3n) is 2.83. The van der Waals surface area contributed by atoms with E-state index in [2.05, 4.69) is 4.98 Å². The van der Waals surface area contributed by atoms with E-state index in [1.54, 1.807) is 22.7 Å². The Morgan fingerprint density at radius 2 is 2.23 bits per heavy atom. The molecule has 0 unspecified atom stereocenters. The molecule has 0 spiro atoms. The molecule has 0 aliphatic rings. The first kappa shape index (κ1) is 15.2. The van der Waals surface area contributed by atoms with Crippen LogP contribution in [-0.2, 0) is 14.8 Å². The number of aryl methyl sites for hydroxylation is 1. The molecule has 0 aliphatic carbocycles. The molecule has 1 aromatic carbocycles. The minimum absolute atomic E-state index is 0.360. The van der Waals surface area contributed by atoms with Crippen LogP contribution in [0.25, 0.3) is 20.3 Å². The van der Waals surface area contributed by atoms with Gasteiger partial charge in [0.05, 0.1) is 26.2 Å². The van der Waals surface area contributed by atoms with E-state index < -0.39 is 15.9 Å². The lowest BCUT2D eigenvalue weighted by molar-refractivity contribution is -0.121. The standard InChI is InChI=1S/C13H12N2O4S3/c1-7-14-12-10(21-7)5-9(8-3-4-20-13(8)12)19-6-11(16)15-22(2,17)18/h3-5H,6H2,1-2H3,(H,15,16). The van der Waals surface area contributed by atoms with Crippen molar-refractivity contribution in [3.05, 3.63) is 22.5 Å². The number of fused-ring (bicyclic) bond motifs is 3. The number of rotatable bonds is 4. The number of benzene rings is 1. The van der Waals surface area contributed by atoms with Crippen molar-refractivity contribution in [2.75, 3.05) is 12.9 Å². The van der Waals surface area contributed by atoms with E-state index in [9.17, 15) is 13.2 Å². The fourth-order valence-electron chi connectivity index (χ4n) is 2.09. The van der Waals surface area contributed by atoms with Gasteiger partial charge in [-0.05, 0) is 18.4 Å². The zero-order valence-corrected chi connectivity index (χ0v) is 14.2. The first-order chi connectivity index (χ1) is 10.3. The SMILES string of the molecule is Cc1nc2c(cc(OCC(=O)NS(C)(=O)=O)c3ccsc32)s1. The molecule has 0 bridgehead atoms. The molecule has 0 saturated carbocycles. The Hall–Kier alpha value is -1.71. The third-order valence-corrected chi connectivity index (χ3v) is 5.26. The minimum atomic E-state index is -3.58. The van der Waals surface area contributed by atoms with Gasteiger partial charge in [0.15, 0.2) is 6.61 Å². The monoisotopic (exact) mass is 356 g/mol. The van der Waals surface area contributed by atoms with Crippen LogP contribution < -0.4 is 9.46 Å². The number of ether oxygens (including phenoxy) is 1. The number of thiazole rings is 1. The van der Waals surface area contributed by atoms with Gasteiger partial charge in [-0.1, -0.05) is 0 Å². The number of amides is 1. The number of carbonyl (C=O) groups is 1. The summed E-state index contributed by atoms with van der Waals surface area (Å²) < 4.78 is 31.4. The molecule has 6 nitrogen and oxygen atoms in total. The maximum absolute atomic E-state index is 11.6. The van der Waals surface area contributed by atoms with Gasteiger partial charge in [0, 0.05) is 11.5 Å². The number of thiophene rings is 1. The van der Waals surface area contributed by atoms with Crippen LogP contribution in [0, 0.1) is 6.92 Å². The van der Waals surface area contributed by atoms with E-state index in [1.165, 1.54) is 0 Å². The summed E-state index contributed by atoms with van der Waals surface area (Å²) in [4.78, 5) is 16.1. The first-order valence-electron chi connectivity index (χ1n) is 6.24. The summed E-state index contributed by atoms with van der Waals surface area (Å²) in [5.41, 5.74) is 0.931. The maximum atomic E-state index is 11.6. The second-order valence-corrected chi connectivity index (χ2v) is 8.60. The van der Waals surface area contributed by atoms with E-state index in [-0.39, 0.29) is 6.61 Å². The number of aromatic nitrogens is 1. The van der Waals surface area contributed by atoms with E-state index in [0.29, 0.717) is 5.75 Å². The van der Waals surface area contributed by atoms with Gasteiger partial charge in [0.1, 0.15) is 5.75 Å². The van der Waals surface area contributed by atoms with Crippen molar-refractivity contribution in [3.8, 4) is 5.75 Å². The molecule has 0 fully saturated rings. The lowest BCUT2D eigenvalue weighted by Gasteiger charge is -2.07. The smallest absolute Gasteiger partial charge is 0.271 e. The van der Waals surface area contributed by atoms with Crippen molar-refractivity contribution < 1.29 is 17.9 Å². The molecule has 2 aromatic heterocycles. The highest BCUT2D eigenvalue weighted by molar-refractivity contribution is 7.89. The van der Waals surface area contributed by atoms with Gasteiger partial charge < -0.3 is 4.74 Å². The summed E-state index contributed by atoms with van der Waals surface area (Å²) in [6, 6.07) is 3.74. The number of carbonyl (C=O) groups excluding carboxylic acids is 1. The fraction of sp³-hybridized carbons (Fsp3) is 0.231. The van der Waals surface area contributed by atoms with Crippen molar-refractivity contribution >= 4 is 58.9 Å². The molecule has 0 atom stereocenters. The first-order valence-corrected chi connectivity index (χ1v) is 9.83. The maximum Gasteiger partial charge on any atom is 0.271 e. The van der Waals surface area contributed by atoms with Crippen molar-refractivity contribution in [2.45, 2.75) is 6.92 Å². The second kappa shape index (κ2) is 5.49. The Morgan fingerprint density at radius 3 is 2.95 bits per heavy atom. The lowest BCUT2D eigenvalue weighted by Crippen LogP contribution is -2.33. The highest BCUT2D eigenvalue weighted by Crippen LogP contribution is 2.38. The molecule has 0 aliphatic heterocycles. The molecular formula is C13H12N2O4S3. The number of sulfonamides is 1. The molecule has 0 saturated heterocycles. The predicted molar refractivity (Wildman–Crippen MR) is 88.2 cm³/mol. The van der Waals surface area contributed by atoms with Gasteiger partial charge in [-0.25, -0.2) is 13.4 Å². The fourth-order valence-corrected chi connectivity index (χ4v) is 4.39. The number of nitrogens with zero attached hydrogens (tertiary/aromatic N) is 1. The number of hydrogen-bond acceptors (Lipinski definition) is 7. The second-order valence-electron chi connectivity index (χ2n) is 4.70. The normalized spacial score (nSPS) is 11.9. The van der Waals surface area contributed by atoms with Gasteiger partial charge in [-0.3, -0.25) is 9.52 Å². The highest BCUT2D eigenvalue weighted by atomic mass is 32.2. The Kier molecular flexibility index (Phi) is 3.79. The predicted octanol–water partition coefficient (Wildman–Crippen LogP) is 2.27. The van der Waals surface area contributed by atoms with Crippen LogP contribution in [0.1, 0.15) is 5.01 Å². The van der Waals surface area contributed by atoms with Crippen LogP contribution in [0.2, 0.25) is 0 Å². The number of hydrogen-bond donors (Lipinski definition) is 1. The lowest BCUT2D eigenvalue weighted by atomic mass is 10.2. The highest BCUT2D eigenvalue weighted by Gasteiger charge is 2.14. The van der Waals surface area contributed by atoms with Gasteiger partial charge in [-0.15, -0.1) is 22.7 Å². The minimum Gasteiger partial charge on any atom is -0.483 e. The average molecular weight is 356 g/mol. The molecule has 2 heterocycles. The van der Waals surface area contributed by atoms with Gasteiger partial charge in [0.25, 0.3) is 5.91 Å². The summed E-state index contributed by atoms with van der Waals surface area (Å²) >= 11 is 3.10. The molecule has 3 aromatic rings. The average Bonchev–Trinajstić information content (AvgIpc) is 2.98. The van der Waals surface area contributed by atoms with Crippen LogP contribution >= 0.6 is 22.7 Å². The quantitative estimate of drug-likeness (QED) is 0.775. The van der Waals surface area contributed by atoms with Crippen molar-refractivity contribution in [1.82, 2.24) is 9.71 Å². The molecule has 0 radical (unpaired) electrons. The number of nitrogens with one attached hydrogen (secondary N) is 1. The van der Waals surface area contributed by atoms with Crippen molar-refractivity contribution in [3.63, 3.8) is 0 Å². The summed E-state index contributed by atoms with van der Waals surface area (Å²) in [6.07, 6.45) is 0.925. The summed E-state index contributed by atoms with van der Waals surface area (Å²) in [5.74, 6) is -0.150. The molecule has 1 amide bonds. The van der Waals surface area contributed by atoms with Crippen LogP contribution in [-0.4, -0.2) is 32.2 Å². The van der Waals surface area contributed by atoms with E-state index in [4.69, 9.17) is 4.74 Å². The van der Waals surface area contributed by atoms with Gasteiger partial charge in [0.2, 0.25) is 10.0 Å². The topological polar surface area (TPSA) is 85.4 Å². The van der Waals surface area contributed by atoms with E-state index in [0.717, 1.165) is 31.6 Å². The van der Waals surface area contributed by atoms with E-state index in [1.807, 2.05) is 29.2 Å². The van der Waals surface area contributed by atoms with E-state index >= 15 is 0 Å². The van der Waals surface area contributed by atoms with Gasteiger partial charge in [-0.2, -0.15) is 0 Å². The van der Waals surface area contributed by atoms with Crippen molar-refractivity contribution in [2.24, 2.45) is 0 Å². The Bertz CT molecular complexity index is 972. The van der Waals surface area contributed by atoms with Crippen molar-refractivity contribution in [1.29, 1.82) is 0 Å². The van der Waals surface area contributed by atoms with Crippen LogP contribution in [0.5, 0.6) is 5.75 Å². The molecule has 9 heteroatoms. The Labute approximate surface area is 134 Å². The van der Waals surface area contributed by atoms with Crippen LogP contribution in [0.3, 0.4) is 0 Å². The summed E-state index contributed by atoms with van der Waals surface area (Å²) in [7, 11) is -3.58. The molecule has 1 N–H and O–H groups in total. The summed E-state index contributed by atoms with van der Waals surface area (Å²) in [6.45, 7) is 1.57. The van der Waals surface area contributed by atoms with Gasteiger partial charge >= 0.3 is 0 Å². The van der Waals surface area contributed by atoms with Crippen LogP contribution in [0.15, 0.2) is 17.5 Å². The molecule has 116 valence electrons. The molecular weight excluding hydrogens is 344 g/mol. The summed E-state index contributed by atoms with van der Waals surface area (Å²) in [5, 5.41) is 3.76. The third kappa shape index (κ3) is 3.06. The largest absolute Gasteiger partial charge is 0.483 e. The molecule has 22 heavy (non-hydrogen) atoms. The molecule has 3 rings (SSSR count). The zero-order chi connectivity index (χ0) is 15.9.